The van der Waals surface area contributed by atoms with Crippen molar-refractivity contribution < 1.29 is 5.11 Å². The van der Waals surface area contributed by atoms with Crippen LogP contribution in [0.4, 0.5) is 0 Å². The highest BCUT2D eigenvalue weighted by molar-refractivity contribution is 7.80. The van der Waals surface area contributed by atoms with Gasteiger partial charge in [-0.3, -0.25) is 4.90 Å². The number of hydrogen-bond donors (Lipinski definition) is 2. The standard InChI is InChI=1S/C11H25NOS/c1-4-11(5-2)12(6-7-13)8-10(3)9-14/h10-11,13-14H,4-9H2,1-3H3. The molecule has 1 atom stereocenters. The SMILES string of the molecule is CCC(CC)N(CCO)CC(C)CS. The average Bonchev–Trinajstić information content (AvgIpc) is 2.19. The highest BCUT2D eigenvalue weighted by Gasteiger charge is 2.16. The van der Waals surface area contributed by atoms with Crippen molar-refractivity contribution in [3.05, 3.63) is 0 Å². The van der Waals surface area contributed by atoms with Crippen LogP contribution < -0.4 is 0 Å². The summed E-state index contributed by atoms with van der Waals surface area (Å²) in [7, 11) is 0. The molecule has 1 N–H and O–H groups in total. The first kappa shape index (κ1) is 14.3. The molecule has 0 aliphatic heterocycles. The molecule has 0 rings (SSSR count). The van der Waals surface area contributed by atoms with E-state index in [2.05, 4.69) is 38.3 Å². The Morgan fingerprint density at radius 1 is 1.29 bits per heavy atom. The predicted molar refractivity (Wildman–Crippen MR) is 66.0 cm³/mol. The molecule has 0 aromatic rings. The van der Waals surface area contributed by atoms with Crippen LogP contribution in [0.1, 0.15) is 33.6 Å². The quantitative estimate of drug-likeness (QED) is 0.610. The summed E-state index contributed by atoms with van der Waals surface area (Å²) in [6, 6.07) is 0.615. The third-order valence-electron chi connectivity index (χ3n) is 2.70. The van der Waals surface area contributed by atoms with Gasteiger partial charge in [-0.25, -0.2) is 0 Å². The Morgan fingerprint density at radius 3 is 2.21 bits per heavy atom. The number of aliphatic hydroxyl groups excluding tert-OH is 1. The Hall–Kier alpha value is 0.270. The molecule has 0 amide bonds. The van der Waals surface area contributed by atoms with Gasteiger partial charge in [0.25, 0.3) is 0 Å². The highest BCUT2D eigenvalue weighted by Crippen LogP contribution is 2.11. The van der Waals surface area contributed by atoms with Crippen molar-refractivity contribution in [2.24, 2.45) is 5.92 Å². The molecule has 86 valence electrons. The first-order chi connectivity index (χ1) is 6.69. The molecule has 0 saturated carbocycles. The lowest BCUT2D eigenvalue weighted by Gasteiger charge is -2.31. The van der Waals surface area contributed by atoms with Crippen molar-refractivity contribution in [3.63, 3.8) is 0 Å². The number of rotatable bonds is 8. The lowest BCUT2D eigenvalue weighted by atomic mass is 10.1. The van der Waals surface area contributed by atoms with Crippen LogP contribution in [0.15, 0.2) is 0 Å². The van der Waals surface area contributed by atoms with E-state index in [-0.39, 0.29) is 6.61 Å². The first-order valence-electron chi connectivity index (χ1n) is 5.65. The Morgan fingerprint density at radius 2 is 1.86 bits per heavy atom. The molecule has 0 aliphatic carbocycles. The van der Waals surface area contributed by atoms with Crippen molar-refractivity contribution in [2.75, 3.05) is 25.4 Å². The van der Waals surface area contributed by atoms with Crippen molar-refractivity contribution in [2.45, 2.75) is 39.7 Å². The second-order valence-corrected chi connectivity index (χ2v) is 4.34. The van der Waals surface area contributed by atoms with Crippen LogP contribution in [0.2, 0.25) is 0 Å². The summed E-state index contributed by atoms with van der Waals surface area (Å²) in [6.07, 6.45) is 2.32. The summed E-state index contributed by atoms with van der Waals surface area (Å²) in [5.74, 6) is 1.52. The zero-order chi connectivity index (χ0) is 11.0. The van der Waals surface area contributed by atoms with E-state index in [4.69, 9.17) is 5.11 Å². The van der Waals surface area contributed by atoms with E-state index in [0.29, 0.717) is 12.0 Å². The predicted octanol–water partition coefficient (Wildman–Crippen LogP) is 2.04. The second-order valence-electron chi connectivity index (χ2n) is 3.98. The number of nitrogens with zero attached hydrogens (tertiary/aromatic N) is 1. The van der Waals surface area contributed by atoms with Crippen LogP contribution in [0, 0.1) is 5.92 Å². The summed E-state index contributed by atoms with van der Waals surface area (Å²) in [5, 5.41) is 9.00. The fourth-order valence-corrected chi connectivity index (χ4v) is 1.93. The molecule has 0 heterocycles. The largest absolute Gasteiger partial charge is 0.395 e. The zero-order valence-corrected chi connectivity index (χ0v) is 10.6. The molecule has 0 radical (unpaired) electrons. The number of thiol groups is 1. The molecule has 0 saturated heterocycles. The van der Waals surface area contributed by atoms with Crippen molar-refractivity contribution >= 4 is 12.6 Å². The van der Waals surface area contributed by atoms with Gasteiger partial charge in [0.05, 0.1) is 6.61 Å². The normalized spacial score (nSPS) is 13.9. The second kappa shape index (κ2) is 8.57. The Balaban J connectivity index is 4.10. The highest BCUT2D eigenvalue weighted by atomic mass is 32.1. The van der Waals surface area contributed by atoms with Crippen LogP contribution in [0.5, 0.6) is 0 Å². The lowest BCUT2D eigenvalue weighted by Crippen LogP contribution is -2.39. The van der Waals surface area contributed by atoms with E-state index >= 15 is 0 Å². The van der Waals surface area contributed by atoms with E-state index in [0.717, 1.165) is 31.7 Å². The van der Waals surface area contributed by atoms with Gasteiger partial charge >= 0.3 is 0 Å². The van der Waals surface area contributed by atoms with Crippen LogP contribution in [0.25, 0.3) is 0 Å². The van der Waals surface area contributed by atoms with Gasteiger partial charge in [-0.2, -0.15) is 12.6 Å². The zero-order valence-electron chi connectivity index (χ0n) is 9.74. The Kier molecular flexibility index (Phi) is 8.73. The minimum Gasteiger partial charge on any atom is -0.395 e. The number of aliphatic hydroxyl groups is 1. The summed E-state index contributed by atoms with van der Waals surface area (Å²) in [6.45, 7) is 8.74. The van der Waals surface area contributed by atoms with Crippen molar-refractivity contribution in [1.29, 1.82) is 0 Å². The molecule has 0 aromatic heterocycles. The third-order valence-corrected chi connectivity index (χ3v) is 3.33. The van der Waals surface area contributed by atoms with Crippen LogP contribution >= 0.6 is 12.6 Å². The van der Waals surface area contributed by atoms with E-state index in [1.54, 1.807) is 0 Å². The van der Waals surface area contributed by atoms with E-state index in [9.17, 15) is 0 Å². The molecule has 14 heavy (non-hydrogen) atoms. The van der Waals surface area contributed by atoms with Gasteiger partial charge in [0.2, 0.25) is 0 Å². The summed E-state index contributed by atoms with van der Waals surface area (Å²) >= 11 is 4.30. The fourth-order valence-electron chi connectivity index (χ4n) is 1.81. The lowest BCUT2D eigenvalue weighted by molar-refractivity contribution is 0.130. The molecule has 2 nitrogen and oxygen atoms in total. The minimum absolute atomic E-state index is 0.260. The van der Waals surface area contributed by atoms with Gasteiger partial charge in [-0.15, -0.1) is 0 Å². The van der Waals surface area contributed by atoms with E-state index in [1.165, 1.54) is 0 Å². The topological polar surface area (TPSA) is 23.5 Å². The van der Waals surface area contributed by atoms with Crippen LogP contribution in [-0.2, 0) is 0 Å². The van der Waals surface area contributed by atoms with Crippen molar-refractivity contribution in [3.8, 4) is 0 Å². The molecular weight excluding hydrogens is 194 g/mol. The third kappa shape index (κ3) is 5.23. The molecule has 0 aliphatic rings. The minimum atomic E-state index is 0.260. The summed E-state index contributed by atoms with van der Waals surface area (Å²) < 4.78 is 0. The molecule has 0 bridgehead atoms. The molecule has 1 unspecified atom stereocenters. The van der Waals surface area contributed by atoms with Crippen molar-refractivity contribution in [1.82, 2.24) is 4.90 Å². The van der Waals surface area contributed by atoms with Gasteiger partial charge in [0, 0.05) is 19.1 Å². The average molecular weight is 219 g/mol. The van der Waals surface area contributed by atoms with Gasteiger partial charge in [-0.05, 0) is 24.5 Å². The molecule has 3 heteroatoms. The molecular formula is C11H25NOS. The van der Waals surface area contributed by atoms with Gasteiger partial charge in [0.1, 0.15) is 0 Å². The smallest absolute Gasteiger partial charge is 0.0558 e. The van der Waals surface area contributed by atoms with Crippen LogP contribution in [-0.4, -0.2) is 41.5 Å². The molecule has 0 spiro atoms. The van der Waals surface area contributed by atoms with Gasteiger partial charge in [-0.1, -0.05) is 20.8 Å². The first-order valence-corrected chi connectivity index (χ1v) is 6.28. The summed E-state index contributed by atoms with van der Waals surface area (Å²) in [5.41, 5.74) is 0. The van der Waals surface area contributed by atoms with E-state index < -0.39 is 0 Å². The number of hydrogen-bond acceptors (Lipinski definition) is 3. The summed E-state index contributed by atoms with van der Waals surface area (Å²) in [4.78, 5) is 2.39. The van der Waals surface area contributed by atoms with Gasteiger partial charge in [0.15, 0.2) is 0 Å². The Labute approximate surface area is 94.1 Å². The maximum atomic E-state index is 9.00. The van der Waals surface area contributed by atoms with Crippen LogP contribution in [0.3, 0.4) is 0 Å². The molecule has 0 aromatic carbocycles. The van der Waals surface area contributed by atoms with E-state index in [1.807, 2.05) is 0 Å². The maximum Gasteiger partial charge on any atom is 0.0558 e. The fraction of sp³-hybridized carbons (Fsp3) is 1.00. The maximum absolute atomic E-state index is 9.00. The van der Waals surface area contributed by atoms with Gasteiger partial charge < -0.3 is 5.11 Å². The monoisotopic (exact) mass is 219 g/mol. The molecule has 0 fully saturated rings. The Bertz CT molecular complexity index is 128.